The van der Waals surface area contributed by atoms with Crippen molar-refractivity contribution in [1.29, 1.82) is 0 Å². The molecule has 2 saturated heterocycles. The van der Waals surface area contributed by atoms with Gasteiger partial charge in [-0.05, 0) is 61.2 Å². The van der Waals surface area contributed by atoms with E-state index in [2.05, 4.69) is 4.90 Å². The van der Waals surface area contributed by atoms with E-state index in [0.29, 0.717) is 24.6 Å². The minimum absolute atomic E-state index is 0.116. The molecular weight excluding hydrogens is 394 g/mol. The third-order valence-electron chi connectivity index (χ3n) is 6.53. The largest absolute Gasteiger partial charge is 0.508 e. The molecule has 0 bridgehead atoms. The van der Waals surface area contributed by atoms with Crippen molar-refractivity contribution in [2.24, 2.45) is 0 Å². The molecule has 0 saturated carbocycles. The Kier molecular flexibility index (Phi) is 6.66. The fourth-order valence-corrected chi connectivity index (χ4v) is 4.96. The van der Waals surface area contributed by atoms with E-state index in [1.54, 1.807) is 31.4 Å². The maximum absolute atomic E-state index is 12.6. The number of fused-ring (bicyclic) bond motifs is 1. The number of aromatic hydroxyl groups is 2. The third-order valence-corrected chi connectivity index (χ3v) is 6.53. The van der Waals surface area contributed by atoms with Gasteiger partial charge < -0.3 is 19.7 Å². The van der Waals surface area contributed by atoms with Gasteiger partial charge in [-0.1, -0.05) is 24.6 Å². The summed E-state index contributed by atoms with van der Waals surface area (Å²) in [6.45, 7) is 1.03. The highest BCUT2D eigenvalue weighted by molar-refractivity contribution is 5.70. The Morgan fingerprint density at radius 1 is 1.10 bits per heavy atom. The summed E-state index contributed by atoms with van der Waals surface area (Å²) in [5, 5.41) is 19.7. The van der Waals surface area contributed by atoms with Gasteiger partial charge >= 0.3 is 5.97 Å². The summed E-state index contributed by atoms with van der Waals surface area (Å²) in [6, 6.07) is 13.0. The lowest BCUT2D eigenvalue weighted by Gasteiger charge is -2.47. The van der Waals surface area contributed by atoms with E-state index >= 15 is 0 Å². The summed E-state index contributed by atoms with van der Waals surface area (Å²) in [6.07, 6.45) is 5.87. The maximum atomic E-state index is 12.6. The van der Waals surface area contributed by atoms with E-state index in [0.717, 1.165) is 36.9 Å². The van der Waals surface area contributed by atoms with Gasteiger partial charge in [0.05, 0.1) is 7.11 Å². The van der Waals surface area contributed by atoms with Crippen LogP contribution in [0.5, 0.6) is 17.2 Å². The molecule has 2 heterocycles. The number of aryl methyl sites for hydroxylation is 1. The van der Waals surface area contributed by atoms with Crippen molar-refractivity contribution in [3.05, 3.63) is 53.6 Å². The molecule has 2 N–H and O–H groups in total. The van der Waals surface area contributed by atoms with Crippen molar-refractivity contribution in [2.45, 2.75) is 63.1 Å². The Morgan fingerprint density at radius 2 is 1.90 bits per heavy atom. The minimum Gasteiger partial charge on any atom is -0.508 e. The van der Waals surface area contributed by atoms with Crippen LogP contribution in [0, 0.1) is 0 Å². The highest BCUT2D eigenvalue weighted by Crippen LogP contribution is 2.41. The van der Waals surface area contributed by atoms with Crippen molar-refractivity contribution >= 4 is 5.97 Å². The molecule has 0 aliphatic carbocycles. The van der Waals surface area contributed by atoms with Gasteiger partial charge in [-0.25, -0.2) is 0 Å². The van der Waals surface area contributed by atoms with Crippen LogP contribution in [0.2, 0.25) is 0 Å². The van der Waals surface area contributed by atoms with E-state index in [4.69, 9.17) is 9.47 Å². The lowest BCUT2D eigenvalue weighted by atomic mass is 9.84. The second-order valence-electron chi connectivity index (χ2n) is 8.58. The number of hydrogen-bond donors (Lipinski definition) is 2. The smallest absolute Gasteiger partial charge is 0.306 e. The van der Waals surface area contributed by atoms with Crippen molar-refractivity contribution in [1.82, 2.24) is 4.90 Å². The SMILES string of the molecule is COc1ccc([C@@H]2C[C@H](OC(=O)CCc3ccc(O)cc3)C[C@@H]3CCCCN32)cc1O. The van der Waals surface area contributed by atoms with Crippen LogP contribution in [0.3, 0.4) is 0 Å². The van der Waals surface area contributed by atoms with Crippen LogP contribution in [-0.4, -0.2) is 46.9 Å². The molecule has 166 valence electrons. The number of rotatable bonds is 6. The predicted molar refractivity (Wildman–Crippen MR) is 117 cm³/mol. The summed E-state index contributed by atoms with van der Waals surface area (Å²) in [4.78, 5) is 15.1. The average molecular weight is 426 g/mol. The first kappa shape index (κ1) is 21.5. The van der Waals surface area contributed by atoms with Gasteiger partial charge in [0.1, 0.15) is 11.9 Å². The molecule has 0 unspecified atom stereocenters. The number of carbonyl (C=O) groups excluding carboxylic acids is 1. The van der Waals surface area contributed by atoms with E-state index < -0.39 is 0 Å². The van der Waals surface area contributed by atoms with Crippen LogP contribution in [0.4, 0.5) is 0 Å². The van der Waals surface area contributed by atoms with Gasteiger partial charge in [0.2, 0.25) is 0 Å². The van der Waals surface area contributed by atoms with Crippen LogP contribution >= 0.6 is 0 Å². The zero-order chi connectivity index (χ0) is 21.8. The number of hydrogen-bond acceptors (Lipinski definition) is 6. The molecule has 2 aliphatic heterocycles. The second kappa shape index (κ2) is 9.60. The molecule has 6 heteroatoms. The number of ether oxygens (including phenoxy) is 2. The van der Waals surface area contributed by atoms with Gasteiger partial charge in [0.15, 0.2) is 11.5 Å². The van der Waals surface area contributed by atoms with Crippen LogP contribution in [-0.2, 0) is 16.0 Å². The molecule has 2 aromatic rings. The summed E-state index contributed by atoms with van der Waals surface area (Å²) in [7, 11) is 1.55. The summed E-state index contributed by atoms with van der Waals surface area (Å²) >= 11 is 0. The standard InChI is InChI=1S/C25H31NO5/c1-30-24-11-8-18(14-23(24)28)22-16-21(15-19-4-2-3-13-26(19)22)31-25(29)12-7-17-5-9-20(27)10-6-17/h5-6,8-11,14,19,21-22,27-28H,2-4,7,12-13,15-16H2,1H3/t19-,21+,22-/m0/s1. The van der Waals surface area contributed by atoms with Crippen molar-refractivity contribution in [2.75, 3.05) is 13.7 Å². The van der Waals surface area contributed by atoms with Crippen LogP contribution in [0.15, 0.2) is 42.5 Å². The molecule has 2 aromatic carbocycles. The fourth-order valence-electron chi connectivity index (χ4n) is 4.96. The molecule has 2 fully saturated rings. The van der Waals surface area contributed by atoms with E-state index in [9.17, 15) is 15.0 Å². The number of nitrogens with zero attached hydrogens (tertiary/aromatic N) is 1. The highest BCUT2D eigenvalue weighted by Gasteiger charge is 2.39. The molecule has 31 heavy (non-hydrogen) atoms. The molecule has 0 aromatic heterocycles. The molecule has 0 radical (unpaired) electrons. The van der Waals surface area contributed by atoms with Gasteiger partial charge in [0, 0.05) is 31.3 Å². The van der Waals surface area contributed by atoms with E-state index in [1.165, 1.54) is 12.8 Å². The van der Waals surface area contributed by atoms with Crippen LogP contribution in [0.1, 0.15) is 55.7 Å². The molecular formula is C25H31NO5. The van der Waals surface area contributed by atoms with Gasteiger partial charge in [-0.3, -0.25) is 9.69 Å². The summed E-state index contributed by atoms with van der Waals surface area (Å²) in [5.74, 6) is 0.647. The molecule has 0 amide bonds. The Labute approximate surface area is 183 Å². The summed E-state index contributed by atoms with van der Waals surface area (Å²) < 4.78 is 11.1. The van der Waals surface area contributed by atoms with E-state index in [1.807, 2.05) is 18.2 Å². The van der Waals surface area contributed by atoms with Crippen molar-refractivity contribution in [3.63, 3.8) is 0 Å². The number of methoxy groups -OCH3 is 1. The topological polar surface area (TPSA) is 79.2 Å². The lowest BCUT2D eigenvalue weighted by molar-refractivity contribution is -0.154. The first-order chi connectivity index (χ1) is 15.0. The maximum Gasteiger partial charge on any atom is 0.306 e. The lowest BCUT2D eigenvalue weighted by Crippen LogP contribution is -2.49. The van der Waals surface area contributed by atoms with Crippen molar-refractivity contribution in [3.8, 4) is 17.2 Å². The Hall–Kier alpha value is -2.73. The number of carbonyl (C=O) groups is 1. The van der Waals surface area contributed by atoms with Gasteiger partial charge in [-0.2, -0.15) is 0 Å². The first-order valence-electron chi connectivity index (χ1n) is 11.1. The summed E-state index contributed by atoms with van der Waals surface area (Å²) in [5.41, 5.74) is 2.04. The molecule has 0 spiro atoms. The zero-order valence-electron chi connectivity index (χ0n) is 18.0. The fraction of sp³-hybridized carbons (Fsp3) is 0.480. The highest BCUT2D eigenvalue weighted by atomic mass is 16.5. The molecule has 2 aliphatic rings. The van der Waals surface area contributed by atoms with Gasteiger partial charge in [0.25, 0.3) is 0 Å². The zero-order valence-corrected chi connectivity index (χ0v) is 18.0. The van der Waals surface area contributed by atoms with Crippen LogP contribution in [0.25, 0.3) is 0 Å². The second-order valence-corrected chi connectivity index (χ2v) is 8.58. The van der Waals surface area contributed by atoms with E-state index in [-0.39, 0.29) is 29.6 Å². The number of phenols is 2. The number of benzene rings is 2. The van der Waals surface area contributed by atoms with Crippen molar-refractivity contribution < 1.29 is 24.5 Å². The normalized spacial score (nSPS) is 23.7. The number of esters is 1. The average Bonchev–Trinajstić information content (AvgIpc) is 2.78. The number of piperidine rings is 2. The Balaban J connectivity index is 1.42. The van der Waals surface area contributed by atoms with Crippen LogP contribution < -0.4 is 4.74 Å². The minimum atomic E-state index is -0.182. The third kappa shape index (κ3) is 5.13. The Bertz CT molecular complexity index is 897. The number of phenolic OH excluding ortho intramolecular Hbond substituents is 2. The molecule has 6 nitrogen and oxygen atoms in total. The Morgan fingerprint density at radius 3 is 2.65 bits per heavy atom. The molecule has 4 rings (SSSR count). The first-order valence-corrected chi connectivity index (χ1v) is 11.1. The molecule has 3 atom stereocenters. The predicted octanol–water partition coefficient (Wildman–Crippen LogP) is 4.34. The quantitative estimate of drug-likeness (QED) is 0.671. The van der Waals surface area contributed by atoms with Gasteiger partial charge in [-0.15, -0.1) is 0 Å². The monoisotopic (exact) mass is 425 g/mol.